The SMILES string of the molecule is Cc1ccc2c(c1)CCCN2C(=O)C(C)CCCC(C)N. The second-order valence-electron chi connectivity index (χ2n) is 6.53. The van der Waals surface area contributed by atoms with E-state index in [-0.39, 0.29) is 17.9 Å². The third-order valence-electron chi connectivity index (χ3n) is 4.34. The molecule has 21 heavy (non-hydrogen) atoms. The number of hydrogen-bond acceptors (Lipinski definition) is 2. The highest BCUT2D eigenvalue weighted by Gasteiger charge is 2.25. The van der Waals surface area contributed by atoms with Gasteiger partial charge in [0.05, 0.1) is 0 Å². The molecular weight excluding hydrogens is 260 g/mol. The van der Waals surface area contributed by atoms with Crippen LogP contribution in [-0.4, -0.2) is 18.5 Å². The van der Waals surface area contributed by atoms with Crippen molar-refractivity contribution >= 4 is 11.6 Å². The maximum Gasteiger partial charge on any atom is 0.229 e. The maximum atomic E-state index is 12.7. The quantitative estimate of drug-likeness (QED) is 0.902. The fraction of sp³-hybridized carbons (Fsp3) is 0.611. The molecule has 3 nitrogen and oxygen atoms in total. The first kappa shape index (κ1) is 16.0. The van der Waals surface area contributed by atoms with Gasteiger partial charge < -0.3 is 10.6 Å². The zero-order valence-electron chi connectivity index (χ0n) is 13.6. The van der Waals surface area contributed by atoms with E-state index in [1.165, 1.54) is 11.1 Å². The van der Waals surface area contributed by atoms with Gasteiger partial charge >= 0.3 is 0 Å². The van der Waals surface area contributed by atoms with Gasteiger partial charge in [0.1, 0.15) is 0 Å². The molecule has 0 radical (unpaired) electrons. The van der Waals surface area contributed by atoms with Crippen LogP contribution < -0.4 is 10.6 Å². The van der Waals surface area contributed by atoms with E-state index in [1.54, 1.807) is 0 Å². The molecule has 2 rings (SSSR count). The number of anilines is 1. The van der Waals surface area contributed by atoms with Crippen molar-refractivity contribution in [2.24, 2.45) is 11.7 Å². The molecule has 1 heterocycles. The number of nitrogens with zero attached hydrogens (tertiary/aromatic N) is 1. The summed E-state index contributed by atoms with van der Waals surface area (Å²) in [7, 11) is 0. The molecule has 0 saturated carbocycles. The van der Waals surface area contributed by atoms with Gasteiger partial charge in [0.25, 0.3) is 0 Å². The minimum absolute atomic E-state index is 0.0796. The monoisotopic (exact) mass is 288 g/mol. The highest BCUT2D eigenvalue weighted by molar-refractivity contribution is 5.96. The number of nitrogens with two attached hydrogens (primary N) is 1. The van der Waals surface area contributed by atoms with E-state index in [0.29, 0.717) is 0 Å². The van der Waals surface area contributed by atoms with Crippen LogP contribution in [0, 0.1) is 12.8 Å². The molecule has 1 aromatic rings. The fourth-order valence-electron chi connectivity index (χ4n) is 3.09. The van der Waals surface area contributed by atoms with Gasteiger partial charge in [0.15, 0.2) is 0 Å². The molecule has 0 saturated heterocycles. The zero-order chi connectivity index (χ0) is 15.4. The molecular formula is C18H28N2O. The molecule has 1 aliphatic rings. The normalized spacial score (nSPS) is 17.2. The Morgan fingerprint density at radius 2 is 2.10 bits per heavy atom. The summed E-state index contributed by atoms with van der Waals surface area (Å²) < 4.78 is 0. The Bertz CT molecular complexity index is 496. The molecule has 0 spiro atoms. The predicted molar refractivity (Wildman–Crippen MR) is 88.5 cm³/mol. The van der Waals surface area contributed by atoms with Crippen LogP contribution in [0.1, 0.15) is 50.7 Å². The molecule has 116 valence electrons. The average molecular weight is 288 g/mol. The topological polar surface area (TPSA) is 46.3 Å². The second-order valence-corrected chi connectivity index (χ2v) is 6.53. The Morgan fingerprint density at radius 3 is 2.81 bits per heavy atom. The first-order valence-electron chi connectivity index (χ1n) is 8.15. The molecule has 0 fully saturated rings. The Kier molecular flexibility index (Phi) is 5.40. The number of amides is 1. The molecule has 2 N–H and O–H groups in total. The number of benzene rings is 1. The van der Waals surface area contributed by atoms with Crippen LogP contribution in [-0.2, 0) is 11.2 Å². The highest BCUT2D eigenvalue weighted by Crippen LogP contribution is 2.29. The van der Waals surface area contributed by atoms with Gasteiger partial charge in [-0.05, 0) is 51.2 Å². The lowest BCUT2D eigenvalue weighted by molar-refractivity contribution is -0.122. The number of hydrogen-bond donors (Lipinski definition) is 1. The van der Waals surface area contributed by atoms with E-state index in [0.717, 1.165) is 44.3 Å². The van der Waals surface area contributed by atoms with Gasteiger partial charge in [0.2, 0.25) is 5.91 Å². The highest BCUT2D eigenvalue weighted by atomic mass is 16.2. The van der Waals surface area contributed by atoms with Crippen molar-refractivity contribution in [3.8, 4) is 0 Å². The Labute approximate surface area is 128 Å². The first-order chi connectivity index (χ1) is 9.99. The lowest BCUT2D eigenvalue weighted by Crippen LogP contribution is -2.39. The lowest BCUT2D eigenvalue weighted by atomic mass is 9.96. The summed E-state index contributed by atoms with van der Waals surface area (Å²) in [4.78, 5) is 14.7. The molecule has 0 aromatic heterocycles. The van der Waals surface area contributed by atoms with E-state index >= 15 is 0 Å². The van der Waals surface area contributed by atoms with Gasteiger partial charge in [-0.1, -0.05) is 31.0 Å². The maximum absolute atomic E-state index is 12.7. The molecule has 0 bridgehead atoms. The largest absolute Gasteiger partial charge is 0.328 e. The first-order valence-corrected chi connectivity index (χ1v) is 8.15. The van der Waals surface area contributed by atoms with Crippen molar-refractivity contribution in [2.45, 2.75) is 58.9 Å². The number of aryl methyl sites for hydroxylation is 2. The van der Waals surface area contributed by atoms with Crippen molar-refractivity contribution in [1.29, 1.82) is 0 Å². The third kappa shape index (κ3) is 4.07. The Hall–Kier alpha value is -1.35. The molecule has 3 heteroatoms. The smallest absolute Gasteiger partial charge is 0.229 e. The molecule has 0 aliphatic carbocycles. The van der Waals surface area contributed by atoms with Gasteiger partial charge in [0, 0.05) is 24.2 Å². The summed E-state index contributed by atoms with van der Waals surface area (Å²) in [6.07, 6.45) is 5.10. The Balaban J connectivity index is 2.03. The van der Waals surface area contributed by atoms with Crippen LogP contribution in [0.3, 0.4) is 0 Å². The van der Waals surface area contributed by atoms with Crippen molar-refractivity contribution in [2.75, 3.05) is 11.4 Å². The van der Waals surface area contributed by atoms with E-state index in [1.807, 2.05) is 18.7 Å². The summed E-state index contributed by atoms with van der Waals surface area (Å²) in [5.41, 5.74) is 9.49. The molecule has 2 atom stereocenters. The average Bonchev–Trinajstić information content (AvgIpc) is 2.45. The summed E-state index contributed by atoms with van der Waals surface area (Å²) in [6.45, 7) is 7.03. The minimum Gasteiger partial charge on any atom is -0.328 e. The van der Waals surface area contributed by atoms with Crippen LogP contribution in [0.15, 0.2) is 18.2 Å². The Morgan fingerprint density at radius 1 is 1.33 bits per heavy atom. The molecule has 1 aliphatic heterocycles. The number of rotatable bonds is 5. The second kappa shape index (κ2) is 7.08. The van der Waals surface area contributed by atoms with Gasteiger partial charge in [-0.3, -0.25) is 4.79 Å². The molecule has 2 unspecified atom stereocenters. The van der Waals surface area contributed by atoms with Crippen molar-refractivity contribution in [1.82, 2.24) is 0 Å². The van der Waals surface area contributed by atoms with E-state index < -0.39 is 0 Å². The molecule has 1 aromatic carbocycles. The zero-order valence-corrected chi connectivity index (χ0v) is 13.6. The lowest BCUT2D eigenvalue weighted by Gasteiger charge is -2.32. The van der Waals surface area contributed by atoms with E-state index in [2.05, 4.69) is 25.1 Å². The summed E-state index contributed by atoms with van der Waals surface area (Å²) in [5.74, 6) is 0.348. The van der Waals surface area contributed by atoms with E-state index in [4.69, 9.17) is 5.73 Å². The van der Waals surface area contributed by atoms with Crippen molar-refractivity contribution in [3.05, 3.63) is 29.3 Å². The number of carbonyl (C=O) groups excluding carboxylic acids is 1. The standard InChI is InChI=1S/C18H28N2O/c1-13-9-10-17-16(12-13)8-5-11-20(17)18(21)14(2)6-4-7-15(3)19/h9-10,12,14-15H,4-8,11,19H2,1-3H3. The number of fused-ring (bicyclic) bond motifs is 1. The van der Waals surface area contributed by atoms with Gasteiger partial charge in [-0.15, -0.1) is 0 Å². The summed E-state index contributed by atoms with van der Waals surface area (Å²) in [5, 5.41) is 0. The van der Waals surface area contributed by atoms with Crippen LogP contribution in [0.2, 0.25) is 0 Å². The predicted octanol–water partition coefficient (Wildman–Crippen LogP) is 3.43. The van der Waals surface area contributed by atoms with Crippen LogP contribution in [0.25, 0.3) is 0 Å². The molecule has 1 amide bonds. The van der Waals surface area contributed by atoms with Gasteiger partial charge in [-0.2, -0.15) is 0 Å². The summed E-state index contributed by atoms with van der Waals surface area (Å²) in [6, 6.07) is 6.66. The fourth-order valence-corrected chi connectivity index (χ4v) is 3.09. The van der Waals surface area contributed by atoms with Crippen LogP contribution in [0.5, 0.6) is 0 Å². The number of carbonyl (C=O) groups is 1. The van der Waals surface area contributed by atoms with E-state index in [9.17, 15) is 4.79 Å². The van der Waals surface area contributed by atoms with Crippen molar-refractivity contribution in [3.63, 3.8) is 0 Å². The van der Waals surface area contributed by atoms with Crippen LogP contribution in [0.4, 0.5) is 5.69 Å². The minimum atomic E-state index is 0.0796. The third-order valence-corrected chi connectivity index (χ3v) is 4.34. The van der Waals surface area contributed by atoms with Gasteiger partial charge in [-0.25, -0.2) is 0 Å². The van der Waals surface area contributed by atoms with Crippen molar-refractivity contribution < 1.29 is 4.79 Å². The van der Waals surface area contributed by atoms with Crippen LogP contribution >= 0.6 is 0 Å². The summed E-state index contributed by atoms with van der Waals surface area (Å²) >= 11 is 0.